The fraction of sp³-hybridized carbons (Fsp3) is 0.333. The van der Waals surface area contributed by atoms with Crippen LogP contribution in [0.1, 0.15) is 11.3 Å². The van der Waals surface area contributed by atoms with E-state index in [1.165, 1.54) is 22.2 Å². The van der Waals surface area contributed by atoms with Crippen molar-refractivity contribution < 1.29 is 0 Å². The molecule has 0 radical (unpaired) electrons. The zero-order valence-corrected chi connectivity index (χ0v) is 10.0. The van der Waals surface area contributed by atoms with Gasteiger partial charge in [-0.15, -0.1) is 0 Å². The van der Waals surface area contributed by atoms with Gasteiger partial charge in [0.15, 0.2) is 0 Å². The Kier molecular flexibility index (Phi) is 3.03. The summed E-state index contributed by atoms with van der Waals surface area (Å²) >= 11 is 4.27. The third-order valence-corrected chi connectivity index (χ3v) is 3.18. The molecular weight excluding hydrogens is 204 g/mol. The molecule has 0 fully saturated rings. The van der Waals surface area contributed by atoms with Crippen molar-refractivity contribution in [3.8, 4) is 0 Å². The molecule has 0 saturated carbocycles. The maximum absolute atomic E-state index is 4.27. The number of para-hydroxylation sites is 1. The highest BCUT2D eigenvalue weighted by molar-refractivity contribution is 7.80. The van der Waals surface area contributed by atoms with Gasteiger partial charge in [0.1, 0.15) is 0 Å². The van der Waals surface area contributed by atoms with Crippen molar-refractivity contribution in [3.63, 3.8) is 0 Å². The zero-order valence-electron chi connectivity index (χ0n) is 9.12. The Morgan fingerprint density at radius 1 is 1.33 bits per heavy atom. The molecule has 3 heteroatoms. The van der Waals surface area contributed by atoms with Gasteiger partial charge in [-0.1, -0.05) is 18.2 Å². The third kappa shape index (κ3) is 2.03. The highest BCUT2D eigenvalue weighted by Crippen LogP contribution is 2.22. The van der Waals surface area contributed by atoms with Gasteiger partial charge in [-0.2, -0.15) is 12.6 Å². The molecule has 0 spiro atoms. The minimum Gasteiger partial charge on any atom is -0.358 e. The lowest BCUT2D eigenvalue weighted by molar-refractivity contribution is 0.388. The average molecular weight is 220 g/mol. The number of hydrogen-bond acceptors (Lipinski definition) is 2. The molecule has 15 heavy (non-hydrogen) atoms. The van der Waals surface area contributed by atoms with Crippen LogP contribution in [0, 0.1) is 6.92 Å². The van der Waals surface area contributed by atoms with Gasteiger partial charge >= 0.3 is 0 Å². The summed E-state index contributed by atoms with van der Waals surface area (Å²) < 4.78 is 0. The first kappa shape index (κ1) is 10.6. The molecule has 2 aromatic rings. The summed E-state index contributed by atoms with van der Waals surface area (Å²) in [5.74, 6) is 0.777. The van der Waals surface area contributed by atoms with E-state index < -0.39 is 0 Å². The normalized spacial score (nSPS) is 11.5. The van der Waals surface area contributed by atoms with Gasteiger partial charge in [-0.3, -0.25) is 4.90 Å². The lowest BCUT2D eigenvalue weighted by Gasteiger charge is -2.13. The van der Waals surface area contributed by atoms with Gasteiger partial charge in [0.25, 0.3) is 0 Å². The average Bonchev–Trinajstić information content (AvgIpc) is 2.55. The molecule has 1 aromatic carbocycles. The number of nitrogens with zero attached hydrogens (tertiary/aromatic N) is 1. The van der Waals surface area contributed by atoms with Gasteiger partial charge in [0.05, 0.1) is 0 Å². The van der Waals surface area contributed by atoms with E-state index >= 15 is 0 Å². The Balaban J connectivity index is 2.45. The second-order valence-electron chi connectivity index (χ2n) is 3.93. The van der Waals surface area contributed by atoms with Crippen molar-refractivity contribution in [1.29, 1.82) is 0 Å². The van der Waals surface area contributed by atoms with Crippen LogP contribution in [-0.4, -0.2) is 22.8 Å². The molecular formula is C12H16N2S. The first-order valence-corrected chi connectivity index (χ1v) is 5.71. The van der Waals surface area contributed by atoms with E-state index in [-0.39, 0.29) is 0 Å². The van der Waals surface area contributed by atoms with E-state index in [0.717, 1.165) is 12.4 Å². The van der Waals surface area contributed by atoms with Crippen molar-refractivity contribution in [2.45, 2.75) is 13.5 Å². The topological polar surface area (TPSA) is 19.0 Å². The quantitative estimate of drug-likeness (QED) is 0.601. The summed E-state index contributed by atoms with van der Waals surface area (Å²) in [4.78, 5) is 5.59. The van der Waals surface area contributed by atoms with Crippen LogP contribution in [-0.2, 0) is 6.54 Å². The largest absolute Gasteiger partial charge is 0.358 e. The fourth-order valence-corrected chi connectivity index (χ4v) is 1.96. The minimum atomic E-state index is 0.777. The predicted octanol–water partition coefficient (Wildman–Crippen LogP) is 2.80. The number of rotatable bonds is 3. The van der Waals surface area contributed by atoms with E-state index in [4.69, 9.17) is 0 Å². The van der Waals surface area contributed by atoms with Crippen LogP contribution in [0.2, 0.25) is 0 Å². The van der Waals surface area contributed by atoms with Crippen molar-refractivity contribution in [2.24, 2.45) is 0 Å². The second kappa shape index (κ2) is 4.29. The van der Waals surface area contributed by atoms with Crippen molar-refractivity contribution in [3.05, 3.63) is 35.5 Å². The monoisotopic (exact) mass is 220 g/mol. The number of aryl methyl sites for hydroxylation is 1. The highest BCUT2D eigenvalue weighted by atomic mass is 32.1. The van der Waals surface area contributed by atoms with Crippen LogP contribution < -0.4 is 0 Å². The summed E-state index contributed by atoms with van der Waals surface area (Å²) in [6.45, 7) is 3.07. The van der Waals surface area contributed by atoms with Gasteiger partial charge in [0.2, 0.25) is 0 Å². The molecule has 1 N–H and O–H groups in total. The first-order valence-electron chi connectivity index (χ1n) is 5.08. The molecule has 80 valence electrons. The standard InChI is InChI=1S/C12H16N2S/c1-9-11(7-14(2)8-15)10-5-3-4-6-12(10)13-9/h3-6,13,15H,7-8H2,1-2H3. The Labute approximate surface area is 95.7 Å². The van der Waals surface area contributed by atoms with E-state index in [1.807, 2.05) is 0 Å². The van der Waals surface area contributed by atoms with E-state index in [0.29, 0.717) is 0 Å². The second-order valence-corrected chi connectivity index (χ2v) is 4.21. The maximum Gasteiger partial charge on any atom is 0.0459 e. The molecule has 1 aromatic heterocycles. The molecule has 0 aliphatic rings. The Hall–Kier alpha value is -0.930. The summed E-state index contributed by atoms with van der Waals surface area (Å²) in [6, 6.07) is 8.43. The first-order chi connectivity index (χ1) is 7.22. The molecule has 0 unspecified atom stereocenters. The Bertz CT molecular complexity index is 462. The zero-order chi connectivity index (χ0) is 10.8. The Morgan fingerprint density at radius 2 is 2.07 bits per heavy atom. The summed E-state index contributed by atoms with van der Waals surface area (Å²) in [5.41, 5.74) is 3.85. The molecule has 0 saturated heterocycles. The third-order valence-electron chi connectivity index (χ3n) is 2.70. The van der Waals surface area contributed by atoms with E-state index in [2.05, 4.69) is 60.7 Å². The van der Waals surface area contributed by atoms with Gasteiger partial charge in [0, 0.05) is 29.0 Å². The number of H-pyrrole nitrogens is 1. The van der Waals surface area contributed by atoms with Crippen molar-refractivity contribution in [1.82, 2.24) is 9.88 Å². The van der Waals surface area contributed by atoms with Crippen LogP contribution in [0.3, 0.4) is 0 Å². The number of benzene rings is 1. The number of hydrogen-bond donors (Lipinski definition) is 2. The van der Waals surface area contributed by atoms with Crippen LogP contribution >= 0.6 is 12.6 Å². The lowest BCUT2D eigenvalue weighted by Crippen LogP contribution is -2.15. The van der Waals surface area contributed by atoms with Crippen LogP contribution in [0.5, 0.6) is 0 Å². The number of aromatic nitrogens is 1. The molecule has 2 nitrogen and oxygen atoms in total. The fourth-order valence-electron chi connectivity index (χ4n) is 1.86. The summed E-state index contributed by atoms with van der Waals surface area (Å²) in [6.07, 6.45) is 0. The number of nitrogens with one attached hydrogen (secondary N) is 1. The summed E-state index contributed by atoms with van der Waals surface area (Å²) in [5, 5.41) is 1.32. The summed E-state index contributed by atoms with van der Waals surface area (Å²) in [7, 11) is 2.08. The molecule has 0 atom stereocenters. The molecule has 0 bridgehead atoms. The number of fused-ring (bicyclic) bond motifs is 1. The van der Waals surface area contributed by atoms with E-state index in [1.54, 1.807) is 0 Å². The predicted molar refractivity (Wildman–Crippen MR) is 68.4 cm³/mol. The number of thiol groups is 1. The Morgan fingerprint density at radius 3 is 2.80 bits per heavy atom. The molecule has 2 rings (SSSR count). The number of aromatic amines is 1. The van der Waals surface area contributed by atoms with Crippen LogP contribution in [0.25, 0.3) is 10.9 Å². The SMILES string of the molecule is Cc1[nH]c2ccccc2c1CN(C)CS. The van der Waals surface area contributed by atoms with Gasteiger partial charge < -0.3 is 4.98 Å². The molecule has 0 amide bonds. The lowest BCUT2D eigenvalue weighted by atomic mass is 10.1. The molecule has 1 heterocycles. The molecule has 0 aliphatic heterocycles. The highest BCUT2D eigenvalue weighted by Gasteiger charge is 2.08. The van der Waals surface area contributed by atoms with Crippen LogP contribution in [0.15, 0.2) is 24.3 Å². The van der Waals surface area contributed by atoms with Gasteiger partial charge in [-0.05, 0) is 25.6 Å². The van der Waals surface area contributed by atoms with Crippen LogP contribution in [0.4, 0.5) is 0 Å². The van der Waals surface area contributed by atoms with Crippen molar-refractivity contribution >= 4 is 23.5 Å². The van der Waals surface area contributed by atoms with E-state index in [9.17, 15) is 0 Å². The minimum absolute atomic E-state index is 0.777. The van der Waals surface area contributed by atoms with Gasteiger partial charge in [-0.25, -0.2) is 0 Å². The maximum atomic E-state index is 4.27. The molecule has 0 aliphatic carbocycles. The smallest absolute Gasteiger partial charge is 0.0459 e. The van der Waals surface area contributed by atoms with Crippen molar-refractivity contribution in [2.75, 3.05) is 12.9 Å².